The van der Waals surface area contributed by atoms with Crippen LogP contribution in [0.4, 0.5) is 0 Å². The maximum Gasteiger partial charge on any atom is 0.335 e. The normalized spacial score (nSPS) is 12.2. The lowest BCUT2D eigenvalue weighted by Gasteiger charge is -2.13. The first-order valence-electron chi connectivity index (χ1n) is 7.71. The zero-order valence-electron chi connectivity index (χ0n) is 14.9. The van der Waals surface area contributed by atoms with E-state index in [0.717, 1.165) is 18.9 Å². The predicted octanol–water partition coefficient (Wildman–Crippen LogP) is 3.37. The molecule has 0 amide bonds. The number of esters is 2. The summed E-state index contributed by atoms with van der Waals surface area (Å²) in [6.45, 7) is 16.8. The Morgan fingerprint density at radius 1 is 1.09 bits per heavy atom. The molecule has 0 saturated carbocycles. The van der Waals surface area contributed by atoms with Crippen molar-refractivity contribution in [1.82, 2.24) is 0 Å². The average Bonchev–Trinajstić information content (AvgIpc) is 2.48. The van der Waals surface area contributed by atoms with Crippen molar-refractivity contribution < 1.29 is 28.5 Å². The van der Waals surface area contributed by atoms with Gasteiger partial charge in [0.05, 0.1) is 6.61 Å². The lowest BCUT2D eigenvalue weighted by molar-refractivity contribution is -0.170. The molecule has 0 aromatic heterocycles. The van der Waals surface area contributed by atoms with Gasteiger partial charge < -0.3 is 18.9 Å². The minimum Gasteiger partial charge on any atom is -0.433 e. The summed E-state index contributed by atoms with van der Waals surface area (Å²) in [5.41, 5.74) is 0.394. The molecule has 2 unspecified atom stereocenters. The molecule has 23 heavy (non-hydrogen) atoms. The highest BCUT2D eigenvalue weighted by Crippen LogP contribution is 2.01. The van der Waals surface area contributed by atoms with Crippen molar-refractivity contribution in [2.75, 3.05) is 13.2 Å². The first-order chi connectivity index (χ1) is 10.8. The molecule has 0 fully saturated rings. The van der Waals surface area contributed by atoms with E-state index in [9.17, 15) is 9.59 Å². The van der Waals surface area contributed by atoms with Crippen LogP contribution in [-0.2, 0) is 28.5 Å². The second-order valence-corrected chi connectivity index (χ2v) is 4.64. The zero-order chi connectivity index (χ0) is 18.3. The molecule has 0 aromatic rings. The summed E-state index contributed by atoms with van der Waals surface area (Å²) >= 11 is 0. The first-order valence-corrected chi connectivity index (χ1v) is 7.71. The number of carbonyl (C=O) groups is 2. The van der Waals surface area contributed by atoms with Crippen LogP contribution in [0.15, 0.2) is 24.8 Å². The van der Waals surface area contributed by atoms with Gasteiger partial charge in [0.25, 0.3) is 0 Å². The number of hydrogen-bond donors (Lipinski definition) is 0. The average molecular weight is 330 g/mol. The number of ether oxygens (including phenoxy) is 4. The van der Waals surface area contributed by atoms with E-state index in [1.165, 1.54) is 0 Å². The lowest BCUT2D eigenvalue weighted by atomic mass is 10.3. The highest BCUT2D eigenvalue weighted by Gasteiger charge is 2.09. The largest absolute Gasteiger partial charge is 0.433 e. The van der Waals surface area contributed by atoms with Crippen LogP contribution in [0.3, 0.4) is 0 Å². The van der Waals surface area contributed by atoms with E-state index in [0.29, 0.717) is 18.8 Å². The SMILES string of the molecule is C=C(C)C(=O)OC(C)OCCCC.C=CC(=O)OC(C)OCC. The quantitative estimate of drug-likeness (QED) is 0.265. The third kappa shape index (κ3) is 16.5. The summed E-state index contributed by atoms with van der Waals surface area (Å²) in [6, 6.07) is 0. The monoisotopic (exact) mass is 330 g/mol. The Kier molecular flexibility index (Phi) is 15.6. The van der Waals surface area contributed by atoms with Crippen molar-refractivity contribution in [2.45, 2.75) is 60.0 Å². The van der Waals surface area contributed by atoms with Gasteiger partial charge in [-0.15, -0.1) is 0 Å². The van der Waals surface area contributed by atoms with E-state index in [4.69, 9.17) is 14.2 Å². The Labute approximate surface area is 139 Å². The summed E-state index contributed by atoms with van der Waals surface area (Å²) in [7, 11) is 0. The minimum atomic E-state index is -0.476. The molecule has 0 saturated heterocycles. The van der Waals surface area contributed by atoms with Gasteiger partial charge in [0.1, 0.15) is 0 Å². The minimum absolute atomic E-state index is 0.394. The van der Waals surface area contributed by atoms with Gasteiger partial charge in [-0.25, -0.2) is 9.59 Å². The van der Waals surface area contributed by atoms with Gasteiger partial charge in [0.2, 0.25) is 0 Å². The molecule has 0 spiro atoms. The van der Waals surface area contributed by atoms with Gasteiger partial charge in [0.15, 0.2) is 12.6 Å². The van der Waals surface area contributed by atoms with Crippen LogP contribution in [0.2, 0.25) is 0 Å². The summed E-state index contributed by atoms with van der Waals surface area (Å²) in [4.78, 5) is 21.5. The molecular formula is C17H30O6. The summed E-state index contributed by atoms with van der Waals surface area (Å²) in [5, 5.41) is 0. The second kappa shape index (κ2) is 15.2. The fraction of sp³-hybridized carbons (Fsp3) is 0.647. The molecule has 134 valence electrons. The smallest absolute Gasteiger partial charge is 0.335 e. The number of carbonyl (C=O) groups excluding carboxylic acids is 2. The molecule has 0 radical (unpaired) electrons. The Morgan fingerprint density at radius 2 is 1.65 bits per heavy atom. The van der Waals surface area contributed by atoms with Crippen LogP contribution in [0.5, 0.6) is 0 Å². The van der Waals surface area contributed by atoms with E-state index in [2.05, 4.69) is 24.8 Å². The molecule has 0 aliphatic heterocycles. The van der Waals surface area contributed by atoms with Gasteiger partial charge in [0, 0.05) is 18.3 Å². The number of rotatable bonds is 10. The Balaban J connectivity index is 0. The molecular weight excluding hydrogens is 300 g/mol. The summed E-state index contributed by atoms with van der Waals surface area (Å²) in [5.74, 6) is -0.857. The van der Waals surface area contributed by atoms with E-state index >= 15 is 0 Å². The molecule has 0 aromatic carbocycles. The van der Waals surface area contributed by atoms with Crippen molar-refractivity contribution >= 4 is 11.9 Å². The Hall–Kier alpha value is -1.66. The predicted molar refractivity (Wildman–Crippen MR) is 88.6 cm³/mol. The van der Waals surface area contributed by atoms with Gasteiger partial charge >= 0.3 is 11.9 Å². The second-order valence-electron chi connectivity index (χ2n) is 4.64. The van der Waals surface area contributed by atoms with Gasteiger partial charge in [-0.05, 0) is 34.1 Å². The first kappa shape index (κ1) is 23.6. The Bertz CT molecular complexity index is 364. The van der Waals surface area contributed by atoms with Crippen molar-refractivity contribution in [3.8, 4) is 0 Å². The van der Waals surface area contributed by atoms with E-state index in [1.54, 1.807) is 20.8 Å². The van der Waals surface area contributed by atoms with Crippen LogP contribution in [0.1, 0.15) is 47.5 Å². The molecule has 0 aliphatic carbocycles. The van der Waals surface area contributed by atoms with Crippen molar-refractivity contribution in [3.05, 3.63) is 24.8 Å². The third-order valence-electron chi connectivity index (χ3n) is 2.32. The molecule has 0 heterocycles. The van der Waals surface area contributed by atoms with Gasteiger partial charge in [-0.3, -0.25) is 0 Å². The number of unbranched alkanes of at least 4 members (excludes halogenated alkanes) is 1. The van der Waals surface area contributed by atoms with E-state index in [-0.39, 0.29) is 0 Å². The van der Waals surface area contributed by atoms with E-state index in [1.807, 2.05) is 6.92 Å². The van der Waals surface area contributed by atoms with Crippen LogP contribution in [0.25, 0.3) is 0 Å². The molecule has 0 rings (SSSR count). The lowest BCUT2D eigenvalue weighted by Crippen LogP contribution is -2.18. The third-order valence-corrected chi connectivity index (χ3v) is 2.32. The van der Waals surface area contributed by atoms with Crippen LogP contribution >= 0.6 is 0 Å². The fourth-order valence-corrected chi connectivity index (χ4v) is 1.16. The summed E-state index contributed by atoms with van der Waals surface area (Å²) in [6.07, 6.45) is 2.21. The molecule has 6 heteroatoms. The molecule has 0 N–H and O–H groups in total. The maximum atomic E-state index is 11.0. The highest BCUT2D eigenvalue weighted by atomic mass is 16.7. The standard InChI is InChI=1S/C10H18O3.C7H12O3/c1-5-6-7-12-9(4)13-10(11)8(2)3;1-4-7(8)10-6(3)9-5-2/h9H,2,5-7H2,1,3-4H3;4,6H,1,5H2,2-3H3. The van der Waals surface area contributed by atoms with Crippen molar-refractivity contribution in [3.63, 3.8) is 0 Å². The van der Waals surface area contributed by atoms with Gasteiger partial charge in [-0.1, -0.05) is 26.5 Å². The Morgan fingerprint density at radius 3 is 2.09 bits per heavy atom. The van der Waals surface area contributed by atoms with Crippen LogP contribution in [-0.4, -0.2) is 37.7 Å². The molecule has 2 atom stereocenters. The maximum absolute atomic E-state index is 11.0. The zero-order valence-corrected chi connectivity index (χ0v) is 14.9. The fourth-order valence-electron chi connectivity index (χ4n) is 1.16. The van der Waals surface area contributed by atoms with Crippen molar-refractivity contribution in [2.24, 2.45) is 0 Å². The van der Waals surface area contributed by atoms with Gasteiger partial charge in [-0.2, -0.15) is 0 Å². The van der Waals surface area contributed by atoms with Crippen LogP contribution < -0.4 is 0 Å². The molecule has 0 bridgehead atoms. The molecule has 0 aliphatic rings. The van der Waals surface area contributed by atoms with Crippen molar-refractivity contribution in [1.29, 1.82) is 0 Å². The summed E-state index contributed by atoms with van der Waals surface area (Å²) < 4.78 is 19.7. The topological polar surface area (TPSA) is 71.1 Å². The van der Waals surface area contributed by atoms with Crippen LogP contribution in [0, 0.1) is 0 Å². The molecule has 6 nitrogen and oxygen atoms in total. The highest BCUT2D eigenvalue weighted by molar-refractivity contribution is 5.86. The van der Waals surface area contributed by atoms with E-state index < -0.39 is 24.5 Å². The number of hydrogen-bond acceptors (Lipinski definition) is 6.